The third-order valence-electron chi connectivity index (χ3n) is 5.50. The second-order valence-electron chi connectivity index (χ2n) is 7.56. The second-order valence-corrected chi connectivity index (χ2v) is 10.3. The Hall–Kier alpha value is -3.74. The van der Waals surface area contributed by atoms with Crippen molar-refractivity contribution in [3.63, 3.8) is 0 Å². The average Bonchev–Trinajstić information content (AvgIpc) is 2.90. The Balaban J connectivity index is 1.81. The molecular weight excluding hydrogens is 411 g/mol. The molecule has 0 radical (unpaired) electrons. The van der Waals surface area contributed by atoms with E-state index in [9.17, 15) is 4.57 Å². The van der Waals surface area contributed by atoms with Crippen molar-refractivity contribution in [1.29, 1.82) is 0 Å². The van der Waals surface area contributed by atoms with Gasteiger partial charge in [-0.3, -0.25) is 4.57 Å². The lowest BCUT2D eigenvalue weighted by molar-refractivity contribution is 0.567. The number of hydrogen-bond acceptors (Lipinski definition) is 1. The third-order valence-corrected chi connectivity index (χ3v) is 8.39. The van der Waals surface area contributed by atoms with Crippen LogP contribution >= 0.6 is 7.14 Å². The first-order valence-corrected chi connectivity index (χ1v) is 12.3. The van der Waals surface area contributed by atoms with Crippen LogP contribution in [0, 0.1) is 0 Å². The van der Waals surface area contributed by atoms with Crippen LogP contribution in [0.4, 0.5) is 0 Å². The molecule has 0 aliphatic rings. The smallest absolute Gasteiger partial charge is 0.299 e. The Morgan fingerprint density at radius 1 is 0.469 bits per heavy atom. The molecule has 32 heavy (non-hydrogen) atoms. The van der Waals surface area contributed by atoms with Crippen LogP contribution in [0.5, 0.6) is 0 Å². The molecule has 0 N–H and O–H groups in total. The maximum atomic E-state index is 14.9. The van der Waals surface area contributed by atoms with Gasteiger partial charge in [-0.1, -0.05) is 109 Å². The van der Waals surface area contributed by atoms with Crippen molar-refractivity contribution in [2.24, 2.45) is 0 Å². The van der Waals surface area contributed by atoms with Crippen molar-refractivity contribution in [3.8, 4) is 22.5 Å². The zero-order valence-corrected chi connectivity index (χ0v) is 18.4. The molecule has 3 heteroatoms. The molecule has 1 heterocycles. The Morgan fingerprint density at radius 3 is 1.41 bits per heavy atom. The molecule has 0 amide bonds. The van der Waals surface area contributed by atoms with Crippen LogP contribution in [-0.2, 0) is 4.57 Å². The molecule has 2 nitrogen and oxygen atoms in total. The average molecular weight is 433 g/mol. The van der Waals surface area contributed by atoms with Crippen LogP contribution in [0.15, 0.2) is 138 Å². The predicted octanol–water partition coefficient (Wildman–Crippen LogP) is 6.53. The molecule has 0 aliphatic heterocycles. The SMILES string of the molecule is O=P(c1ccccc1)(c1ccccc1)c1cc(-c2ccccc2)cc(-c2ccccc2)[o+]1. The van der Waals surface area contributed by atoms with Gasteiger partial charge >= 0.3 is 11.3 Å². The van der Waals surface area contributed by atoms with E-state index in [0.29, 0.717) is 11.3 Å². The molecule has 0 spiro atoms. The Labute approximate surface area is 188 Å². The highest BCUT2D eigenvalue weighted by Gasteiger charge is 2.41. The summed E-state index contributed by atoms with van der Waals surface area (Å²) in [7, 11) is -3.24. The molecule has 5 rings (SSSR count). The second kappa shape index (κ2) is 8.78. The summed E-state index contributed by atoms with van der Waals surface area (Å²) >= 11 is 0. The summed E-state index contributed by atoms with van der Waals surface area (Å²) in [6.07, 6.45) is 0. The lowest BCUT2D eigenvalue weighted by Gasteiger charge is -2.14. The highest BCUT2D eigenvalue weighted by Crippen LogP contribution is 2.44. The van der Waals surface area contributed by atoms with Crippen LogP contribution in [0.2, 0.25) is 0 Å². The Morgan fingerprint density at radius 2 is 0.906 bits per heavy atom. The molecule has 4 aromatic carbocycles. The lowest BCUT2D eigenvalue weighted by Crippen LogP contribution is -2.25. The molecule has 1 aromatic heterocycles. The number of rotatable bonds is 5. The summed E-state index contributed by atoms with van der Waals surface area (Å²) in [5.41, 5.74) is 3.43. The predicted molar refractivity (Wildman–Crippen MR) is 133 cm³/mol. The lowest BCUT2D eigenvalue weighted by atomic mass is 10.0. The number of benzene rings is 4. The zero-order chi connectivity index (χ0) is 21.8. The normalized spacial score (nSPS) is 11.2. The van der Waals surface area contributed by atoms with Gasteiger partial charge in [-0.25, -0.2) is 4.42 Å². The molecule has 5 aromatic rings. The first-order chi connectivity index (χ1) is 15.7. The van der Waals surface area contributed by atoms with Crippen LogP contribution in [0.1, 0.15) is 0 Å². The van der Waals surface area contributed by atoms with Gasteiger partial charge in [0.15, 0.2) is 0 Å². The molecule has 0 bridgehead atoms. The van der Waals surface area contributed by atoms with E-state index in [-0.39, 0.29) is 0 Å². The van der Waals surface area contributed by atoms with Gasteiger partial charge in [0, 0.05) is 16.2 Å². The highest BCUT2D eigenvalue weighted by atomic mass is 31.2. The third kappa shape index (κ3) is 3.82. The molecule has 0 saturated heterocycles. The molecule has 0 saturated carbocycles. The van der Waals surface area contributed by atoms with Gasteiger partial charge in [-0.2, -0.15) is 0 Å². The van der Waals surface area contributed by atoms with Crippen molar-refractivity contribution < 1.29 is 8.98 Å². The van der Waals surface area contributed by atoms with Gasteiger partial charge in [0.1, 0.15) is 0 Å². The van der Waals surface area contributed by atoms with Gasteiger partial charge in [0.25, 0.3) is 7.14 Å². The summed E-state index contributed by atoms with van der Waals surface area (Å²) in [5, 5.41) is 1.50. The van der Waals surface area contributed by atoms with Gasteiger partial charge in [0.2, 0.25) is 0 Å². The van der Waals surface area contributed by atoms with E-state index < -0.39 is 7.14 Å². The first-order valence-electron chi connectivity index (χ1n) is 10.6. The molecule has 0 aliphatic carbocycles. The Kier molecular flexibility index (Phi) is 5.54. The van der Waals surface area contributed by atoms with Crippen LogP contribution < -0.4 is 16.1 Å². The maximum absolute atomic E-state index is 14.9. The fraction of sp³-hybridized carbons (Fsp3) is 0. The van der Waals surface area contributed by atoms with Gasteiger partial charge in [0.05, 0.1) is 17.7 Å². The van der Waals surface area contributed by atoms with E-state index in [1.807, 2.05) is 121 Å². The van der Waals surface area contributed by atoms with Gasteiger partial charge in [-0.05, 0) is 17.7 Å². The Bertz CT molecular complexity index is 1270. The summed E-state index contributed by atoms with van der Waals surface area (Å²) in [5.74, 6) is 0.689. The summed E-state index contributed by atoms with van der Waals surface area (Å²) in [6, 6.07) is 43.3. The largest absolute Gasteiger partial charge is 0.393 e. The summed E-state index contributed by atoms with van der Waals surface area (Å²) < 4.78 is 21.3. The van der Waals surface area contributed by atoms with Crippen molar-refractivity contribution in [2.75, 3.05) is 0 Å². The van der Waals surface area contributed by atoms with Crippen molar-refractivity contribution in [3.05, 3.63) is 133 Å². The standard InChI is InChI=1S/C29H22O2P/c30-32(26-17-9-3-10-18-26,27-19-11-4-12-20-27)29-22-25(23-13-5-1-6-14-23)21-28(31-29)24-15-7-2-8-16-24/h1-22H/q+1. The van der Waals surface area contributed by atoms with Crippen LogP contribution in [0.25, 0.3) is 22.5 Å². The molecule has 154 valence electrons. The molecule has 0 atom stereocenters. The van der Waals surface area contributed by atoms with E-state index in [1.165, 1.54) is 0 Å². The van der Waals surface area contributed by atoms with Crippen LogP contribution in [0.3, 0.4) is 0 Å². The minimum Gasteiger partial charge on any atom is -0.299 e. The fourth-order valence-corrected chi connectivity index (χ4v) is 6.40. The quantitative estimate of drug-likeness (QED) is 0.233. The number of hydrogen-bond donors (Lipinski definition) is 0. The molecule has 0 fully saturated rings. The molecule has 0 unspecified atom stereocenters. The van der Waals surface area contributed by atoms with E-state index in [2.05, 4.69) is 12.1 Å². The van der Waals surface area contributed by atoms with Crippen molar-refractivity contribution in [1.82, 2.24) is 0 Å². The van der Waals surface area contributed by atoms with Crippen LogP contribution in [-0.4, -0.2) is 0 Å². The van der Waals surface area contributed by atoms with Crippen molar-refractivity contribution in [2.45, 2.75) is 0 Å². The zero-order valence-electron chi connectivity index (χ0n) is 17.5. The van der Waals surface area contributed by atoms with E-state index in [4.69, 9.17) is 4.42 Å². The van der Waals surface area contributed by atoms with Gasteiger partial charge < -0.3 is 0 Å². The maximum Gasteiger partial charge on any atom is 0.393 e. The summed E-state index contributed by atoms with van der Waals surface area (Å²) in [4.78, 5) is 0. The minimum absolute atomic E-state index is 0.468. The van der Waals surface area contributed by atoms with E-state index in [1.54, 1.807) is 0 Å². The topological polar surface area (TPSA) is 28.4 Å². The van der Waals surface area contributed by atoms with E-state index in [0.717, 1.165) is 27.3 Å². The highest BCUT2D eigenvalue weighted by molar-refractivity contribution is 7.85. The summed E-state index contributed by atoms with van der Waals surface area (Å²) in [6.45, 7) is 0. The van der Waals surface area contributed by atoms with E-state index >= 15 is 0 Å². The molecular formula is C29H22O2P+. The van der Waals surface area contributed by atoms with Gasteiger partial charge in [-0.15, -0.1) is 0 Å². The first kappa shape index (κ1) is 20.2. The minimum atomic E-state index is -3.24. The van der Waals surface area contributed by atoms with Crippen molar-refractivity contribution >= 4 is 23.3 Å². The fourth-order valence-electron chi connectivity index (χ4n) is 3.86. The monoisotopic (exact) mass is 433 g/mol.